The molecular weight excluding hydrogens is 235 g/mol. The second kappa shape index (κ2) is 8.10. The Morgan fingerprint density at radius 3 is 2.88 bits per heavy atom. The van der Waals surface area contributed by atoms with E-state index in [9.17, 15) is 4.39 Å². The van der Waals surface area contributed by atoms with Crippen LogP contribution in [-0.4, -0.2) is 18.3 Å². The molecule has 1 atom stereocenters. The van der Waals surface area contributed by atoms with Crippen molar-refractivity contribution in [3.8, 4) is 6.07 Å². The smallest absolute Gasteiger partial charge is 0.136 e. The Bertz CT molecular complexity index is 376. The molecule has 1 unspecified atom stereocenters. The van der Waals surface area contributed by atoms with Crippen molar-refractivity contribution >= 4 is 11.8 Å². The second-order valence-electron chi connectivity index (χ2n) is 3.70. The van der Waals surface area contributed by atoms with Gasteiger partial charge in [-0.05, 0) is 31.5 Å². The minimum atomic E-state index is -0.187. The average molecular weight is 252 g/mol. The van der Waals surface area contributed by atoms with Gasteiger partial charge in [-0.3, -0.25) is 0 Å². The summed E-state index contributed by atoms with van der Waals surface area (Å²) in [6, 6.07) is 8.81. The van der Waals surface area contributed by atoms with Gasteiger partial charge in [0.25, 0.3) is 0 Å². The maximum absolute atomic E-state index is 13.3. The number of hydrogen-bond acceptors (Lipinski definition) is 3. The molecule has 1 aromatic rings. The first kappa shape index (κ1) is 14.0. The van der Waals surface area contributed by atoms with Crippen LogP contribution < -0.4 is 5.32 Å². The van der Waals surface area contributed by atoms with Gasteiger partial charge in [-0.15, -0.1) is 11.8 Å². The van der Waals surface area contributed by atoms with Crippen molar-refractivity contribution in [3.63, 3.8) is 0 Å². The highest BCUT2D eigenvalue weighted by atomic mass is 32.2. The molecule has 0 bridgehead atoms. The van der Waals surface area contributed by atoms with Crippen LogP contribution in [0.2, 0.25) is 0 Å². The van der Waals surface area contributed by atoms with E-state index < -0.39 is 0 Å². The summed E-state index contributed by atoms with van der Waals surface area (Å²) in [6.45, 7) is 2.91. The molecule has 0 saturated carbocycles. The largest absolute Gasteiger partial charge is 0.302 e. The van der Waals surface area contributed by atoms with E-state index in [0.717, 1.165) is 25.1 Å². The third kappa shape index (κ3) is 5.20. The summed E-state index contributed by atoms with van der Waals surface area (Å²) in [5.74, 6) is 0.558. The van der Waals surface area contributed by atoms with Crippen LogP contribution in [-0.2, 0) is 0 Å². The molecule has 4 heteroatoms. The van der Waals surface area contributed by atoms with Gasteiger partial charge in [0.05, 0.1) is 12.1 Å². The molecule has 2 nitrogen and oxygen atoms in total. The molecule has 0 saturated heterocycles. The third-order valence-electron chi connectivity index (χ3n) is 2.30. The minimum Gasteiger partial charge on any atom is -0.302 e. The molecule has 0 amide bonds. The van der Waals surface area contributed by atoms with Gasteiger partial charge in [0.2, 0.25) is 0 Å². The van der Waals surface area contributed by atoms with Crippen molar-refractivity contribution in [2.45, 2.75) is 30.7 Å². The first-order chi connectivity index (χ1) is 8.27. The van der Waals surface area contributed by atoms with E-state index in [2.05, 4.69) is 18.3 Å². The summed E-state index contributed by atoms with van der Waals surface area (Å²) in [4.78, 5) is 0.652. The molecule has 0 aliphatic rings. The van der Waals surface area contributed by atoms with Crippen molar-refractivity contribution in [1.29, 1.82) is 5.26 Å². The third-order valence-corrected chi connectivity index (χ3v) is 3.38. The fourth-order valence-electron chi connectivity index (χ4n) is 1.38. The van der Waals surface area contributed by atoms with Gasteiger partial charge in [0.15, 0.2) is 0 Å². The van der Waals surface area contributed by atoms with Crippen molar-refractivity contribution < 1.29 is 4.39 Å². The number of hydrogen-bond donors (Lipinski definition) is 1. The van der Waals surface area contributed by atoms with Gasteiger partial charge in [0, 0.05) is 10.6 Å². The summed E-state index contributed by atoms with van der Waals surface area (Å²) < 4.78 is 13.3. The van der Waals surface area contributed by atoms with Gasteiger partial charge >= 0.3 is 0 Å². The van der Waals surface area contributed by atoms with Crippen molar-refractivity contribution in [1.82, 2.24) is 5.32 Å². The number of halogens is 1. The van der Waals surface area contributed by atoms with Gasteiger partial charge in [-0.2, -0.15) is 5.26 Å². The molecule has 92 valence electrons. The number of nitriles is 1. The second-order valence-corrected chi connectivity index (χ2v) is 4.84. The molecule has 1 N–H and O–H groups in total. The Balaban J connectivity index is 2.32. The highest BCUT2D eigenvalue weighted by Crippen LogP contribution is 2.22. The molecule has 0 fully saturated rings. The Kier molecular flexibility index (Phi) is 6.68. The molecule has 0 aliphatic heterocycles. The topological polar surface area (TPSA) is 35.8 Å². The van der Waals surface area contributed by atoms with Crippen LogP contribution in [0.25, 0.3) is 0 Å². The maximum atomic E-state index is 13.3. The minimum absolute atomic E-state index is 0.130. The van der Waals surface area contributed by atoms with Crippen LogP contribution in [0.15, 0.2) is 29.2 Å². The SMILES string of the molecule is CCCNC(C#N)CCSc1ccccc1F. The number of rotatable bonds is 7. The van der Waals surface area contributed by atoms with E-state index in [0.29, 0.717) is 4.90 Å². The van der Waals surface area contributed by atoms with Crippen molar-refractivity contribution in [3.05, 3.63) is 30.1 Å². The number of nitrogens with one attached hydrogen (secondary N) is 1. The first-order valence-corrected chi connectivity index (χ1v) is 6.76. The molecule has 0 aliphatic carbocycles. The lowest BCUT2D eigenvalue weighted by molar-refractivity contribution is 0.584. The average Bonchev–Trinajstić information content (AvgIpc) is 2.35. The van der Waals surface area contributed by atoms with Gasteiger partial charge in [0.1, 0.15) is 5.82 Å². The Morgan fingerprint density at radius 1 is 1.47 bits per heavy atom. The van der Waals surface area contributed by atoms with E-state index in [-0.39, 0.29) is 11.9 Å². The van der Waals surface area contributed by atoms with Crippen LogP contribution in [0.3, 0.4) is 0 Å². The molecular formula is C13H17FN2S. The molecule has 0 radical (unpaired) electrons. The summed E-state index contributed by atoms with van der Waals surface area (Å²) in [6.07, 6.45) is 1.74. The van der Waals surface area contributed by atoms with E-state index in [4.69, 9.17) is 5.26 Å². The van der Waals surface area contributed by atoms with E-state index in [1.54, 1.807) is 12.1 Å². The standard InChI is InChI=1S/C13H17FN2S/c1-2-8-16-11(10-15)7-9-17-13-6-4-3-5-12(13)14/h3-6,11,16H,2,7-9H2,1H3. The Morgan fingerprint density at radius 2 is 2.24 bits per heavy atom. The van der Waals surface area contributed by atoms with E-state index in [1.165, 1.54) is 17.8 Å². The maximum Gasteiger partial charge on any atom is 0.136 e. The number of nitrogens with zero attached hydrogens (tertiary/aromatic N) is 1. The summed E-state index contributed by atoms with van der Waals surface area (Å²) >= 11 is 1.46. The number of benzene rings is 1. The lowest BCUT2D eigenvalue weighted by atomic mass is 10.2. The van der Waals surface area contributed by atoms with Crippen molar-refractivity contribution in [2.24, 2.45) is 0 Å². The highest BCUT2D eigenvalue weighted by Gasteiger charge is 2.07. The predicted octanol–water partition coefficient (Wildman–Crippen LogP) is 3.20. The van der Waals surface area contributed by atoms with Crippen LogP contribution >= 0.6 is 11.8 Å². The lowest BCUT2D eigenvalue weighted by Gasteiger charge is -2.10. The fraction of sp³-hybridized carbons (Fsp3) is 0.462. The highest BCUT2D eigenvalue weighted by molar-refractivity contribution is 7.99. The Hall–Kier alpha value is -1.05. The molecule has 0 heterocycles. The molecule has 1 aromatic carbocycles. The normalized spacial score (nSPS) is 12.1. The van der Waals surface area contributed by atoms with Gasteiger partial charge in [-0.25, -0.2) is 4.39 Å². The first-order valence-electron chi connectivity index (χ1n) is 5.78. The Labute approximate surface area is 106 Å². The number of thioether (sulfide) groups is 1. The van der Waals surface area contributed by atoms with Crippen LogP contribution in [0.1, 0.15) is 19.8 Å². The van der Waals surface area contributed by atoms with Crippen LogP contribution in [0.4, 0.5) is 4.39 Å². The van der Waals surface area contributed by atoms with Gasteiger partial charge in [-0.1, -0.05) is 19.1 Å². The zero-order valence-corrected chi connectivity index (χ0v) is 10.8. The van der Waals surface area contributed by atoms with Gasteiger partial charge < -0.3 is 5.32 Å². The predicted molar refractivity (Wildman–Crippen MR) is 69.4 cm³/mol. The quantitative estimate of drug-likeness (QED) is 0.757. The van der Waals surface area contributed by atoms with E-state index in [1.807, 2.05) is 6.07 Å². The molecule has 0 aromatic heterocycles. The lowest BCUT2D eigenvalue weighted by Crippen LogP contribution is -2.28. The monoisotopic (exact) mass is 252 g/mol. The van der Waals surface area contributed by atoms with Crippen molar-refractivity contribution in [2.75, 3.05) is 12.3 Å². The van der Waals surface area contributed by atoms with Crippen LogP contribution in [0.5, 0.6) is 0 Å². The molecule has 1 rings (SSSR count). The zero-order valence-electron chi connectivity index (χ0n) is 9.95. The van der Waals surface area contributed by atoms with Crippen LogP contribution in [0, 0.1) is 17.1 Å². The molecule has 0 spiro atoms. The fourth-order valence-corrected chi connectivity index (χ4v) is 2.33. The summed E-state index contributed by atoms with van der Waals surface area (Å²) in [5, 5.41) is 12.1. The van der Waals surface area contributed by atoms with E-state index >= 15 is 0 Å². The zero-order chi connectivity index (χ0) is 12.5. The summed E-state index contributed by atoms with van der Waals surface area (Å²) in [5.41, 5.74) is 0. The summed E-state index contributed by atoms with van der Waals surface area (Å²) in [7, 11) is 0. The molecule has 17 heavy (non-hydrogen) atoms.